The molecule has 17 heavy (non-hydrogen) atoms. The van der Waals surface area contributed by atoms with Crippen molar-refractivity contribution in [1.29, 1.82) is 0 Å². The van der Waals surface area contributed by atoms with Crippen LogP contribution >= 0.6 is 0 Å². The highest BCUT2D eigenvalue weighted by Gasteiger charge is 2.11. The SMILES string of the molecule is CNCc1cncn1Cc1c(C)nn(C)c1C. The van der Waals surface area contributed by atoms with Gasteiger partial charge in [-0.15, -0.1) is 0 Å². The molecule has 0 amide bonds. The summed E-state index contributed by atoms with van der Waals surface area (Å²) in [5.74, 6) is 0. The first-order chi connectivity index (χ1) is 8.13. The molecule has 0 spiro atoms. The average Bonchev–Trinajstić information content (AvgIpc) is 2.81. The molecule has 5 heteroatoms. The van der Waals surface area contributed by atoms with E-state index in [0.717, 1.165) is 18.8 Å². The van der Waals surface area contributed by atoms with E-state index in [0.29, 0.717) is 0 Å². The van der Waals surface area contributed by atoms with Crippen LogP contribution in [0.5, 0.6) is 0 Å². The van der Waals surface area contributed by atoms with Crippen molar-refractivity contribution < 1.29 is 0 Å². The molecule has 92 valence electrons. The van der Waals surface area contributed by atoms with Crippen LogP contribution in [-0.4, -0.2) is 26.4 Å². The second kappa shape index (κ2) is 4.71. The zero-order chi connectivity index (χ0) is 12.4. The number of rotatable bonds is 4. The molecule has 0 radical (unpaired) electrons. The summed E-state index contributed by atoms with van der Waals surface area (Å²) in [5, 5.41) is 7.58. The number of aromatic nitrogens is 4. The van der Waals surface area contributed by atoms with Gasteiger partial charge in [-0.2, -0.15) is 5.10 Å². The topological polar surface area (TPSA) is 47.7 Å². The van der Waals surface area contributed by atoms with E-state index in [1.807, 2.05) is 31.3 Å². The quantitative estimate of drug-likeness (QED) is 0.857. The highest BCUT2D eigenvalue weighted by molar-refractivity contribution is 5.25. The van der Waals surface area contributed by atoms with Gasteiger partial charge in [0.25, 0.3) is 0 Å². The summed E-state index contributed by atoms with van der Waals surface area (Å²) < 4.78 is 4.09. The molecule has 0 fully saturated rings. The van der Waals surface area contributed by atoms with E-state index < -0.39 is 0 Å². The zero-order valence-corrected chi connectivity index (χ0v) is 10.9. The Morgan fingerprint density at radius 1 is 1.35 bits per heavy atom. The summed E-state index contributed by atoms with van der Waals surface area (Å²) in [6.45, 7) is 5.82. The Morgan fingerprint density at radius 3 is 2.71 bits per heavy atom. The first-order valence-corrected chi connectivity index (χ1v) is 5.76. The van der Waals surface area contributed by atoms with Gasteiger partial charge < -0.3 is 9.88 Å². The zero-order valence-electron chi connectivity index (χ0n) is 10.9. The van der Waals surface area contributed by atoms with Gasteiger partial charge in [-0.1, -0.05) is 0 Å². The summed E-state index contributed by atoms with van der Waals surface area (Å²) in [6, 6.07) is 0. The van der Waals surface area contributed by atoms with Gasteiger partial charge in [0.2, 0.25) is 0 Å². The molecule has 0 bridgehead atoms. The van der Waals surface area contributed by atoms with Gasteiger partial charge >= 0.3 is 0 Å². The normalized spacial score (nSPS) is 11.1. The largest absolute Gasteiger partial charge is 0.329 e. The highest BCUT2D eigenvalue weighted by Crippen LogP contribution is 2.14. The van der Waals surface area contributed by atoms with E-state index in [1.54, 1.807) is 0 Å². The Kier molecular flexibility index (Phi) is 3.28. The lowest BCUT2D eigenvalue weighted by atomic mass is 10.2. The minimum Gasteiger partial charge on any atom is -0.329 e. The predicted molar refractivity (Wildman–Crippen MR) is 66.8 cm³/mol. The molecule has 2 aromatic heterocycles. The number of nitrogens with one attached hydrogen (secondary N) is 1. The van der Waals surface area contributed by atoms with Crippen molar-refractivity contribution in [2.24, 2.45) is 7.05 Å². The molecule has 2 rings (SSSR count). The Hall–Kier alpha value is -1.62. The first-order valence-electron chi connectivity index (χ1n) is 5.76. The van der Waals surface area contributed by atoms with E-state index in [4.69, 9.17) is 0 Å². The number of imidazole rings is 1. The Morgan fingerprint density at radius 2 is 2.12 bits per heavy atom. The van der Waals surface area contributed by atoms with E-state index in [-0.39, 0.29) is 0 Å². The van der Waals surface area contributed by atoms with Gasteiger partial charge in [0.15, 0.2) is 0 Å². The summed E-state index contributed by atoms with van der Waals surface area (Å²) in [5.41, 5.74) is 4.78. The van der Waals surface area contributed by atoms with Gasteiger partial charge in [0.05, 0.1) is 24.3 Å². The lowest BCUT2D eigenvalue weighted by Gasteiger charge is -2.08. The lowest BCUT2D eigenvalue weighted by molar-refractivity contribution is 0.686. The molecule has 0 saturated heterocycles. The van der Waals surface area contributed by atoms with Crippen molar-refractivity contribution in [1.82, 2.24) is 24.6 Å². The molecule has 5 nitrogen and oxygen atoms in total. The Balaban J connectivity index is 2.28. The monoisotopic (exact) mass is 233 g/mol. The molecule has 0 aliphatic heterocycles. The number of aryl methyl sites for hydroxylation is 2. The molecule has 0 saturated carbocycles. The van der Waals surface area contributed by atoms with Gasteiger partial charge in [0.1, 0.15) is 0 Å². The number of nitrogens with zero attached hydrogens (tertiary/aromatic N) is 4. The molecular weight excluding hydrogens is 214 g/mol. The van der Waals surface area contributed by atoms with Crippen LogP contribution in [0.15, 0.2) is 12.5 Å². The molecule has 2 heterocycles. The maximum absolute atomic E-state index is 4.43. The average molecular weight is 233 g/mol. The standard InChI is InChI=1S/C12H19N5/c1-9-12(10(2)16(4)15-9)7-17-8-14-6-11(17)5-13-3/h6,8,13H,5,7H2,1-4H3. The second-order valence-electron chi connectivity index (χ2n) is 4.32. The highest BCUT2D eigenvalue weighted by atomic mass is 15.3. The van der Waals surface area contributed by atoms with Crippen LogP contribution in [-0.2, 0) is 20.1 Å². The molecule has 0 aliphatic rings. The van der Waals surface area contributed by atoms with Crippen molar-refractivity contribution in [2.45, 2.75) is 26.9 Å². The third kappa shape index (κ3) is 2.24. The van der Waals surface area contributed by atoms with Crippen LogP contribution in [0.3, 0.4) is 0 Å². The number of hydrogen-bond donors (Lipinski definition) is 1. The molecule has 1 N–H and O–H groups in total. The summed E-state index contributed by atoms with van der Waals surface area (Å²) in [7, 11) is 3.92. The predicted octanol–water partition coefficient (Wildman–Crippen LogP) is 1.00. The van der Waals surface area contributed by atoms with Crippen LogP contribution in [0.2, 0.25) is 0 Å². The van der Waals surface area contributed by atoms with Crippen molar-refractivity contribution in [3.05, 3.63) is 35.2 Å². The minimum atomic E-state index is 0.832. The molecular formula is C12H19N5. The maximum atomic E-state index is 4.43. The van der Waals surface area contributed by atoms with Crippen molar-refractivity contribution in [3.63, 3.8) is 0 Å². The van der Waals surface area contributed by atoms with Crippen LogP contribution in [0.1, 0.15) is 22.6 Å². The summed E-state index contributed by atoms with van der Waals surface area (Å²) >= 11 is 0. The molecule has 0 unspecified atom stereocenters. The van der Waals surface area contributed by atoms with Gasteiger partial charge in [0, 0.05) is 31.0 Å². The van der Waals surface area contributed by atoms with Crippen molar-refractivity contribution in [3.8, 4) is 0 Å². The van der Waals surface area contributed by atoms with Crippen LogP contribution < -0.4 is 5.32 Å². The van der Waals surface area contributed by atoms with E-state index in [1.165, 1.54) is 17.0 Å². The van der Waals surface area contributed by atoms with Crippen molar-refractivity contribution >= 4 is 0 Å². The van der Waals surface area contributed by atoms with E-state index >= 15 is 0 Å². The lowest BCUT2D eigenvalue weighted by Crippen LogP contribution is -2.12. The fraction of sp³-hybridized carbons (Fsp3) is 0.500. The molecule has 0 aromatic carbocycles. The summed E-state index contributed by atoms with van der Waals surface area (Å²) in [4.78, 5) is 4.20. The third-order valence-corrected chi connectivity index (χ3v) is 3.14. The fourth-order valence-corrected chi connectivity index (χ4v) is 2.04. The van der Waals surface area contributed by atoms with E-state index in [2.05, 4.69) is 33.8 Å². The van der Waals surface area contributed by atoms with Crippen LogP contribution in [0.4, 0.5) is 0 Å². The van der Waals surface area contributed by atoms with Gasteiger partial charge in [-0.25, -0.2) is 4.98 Å². The third-order valence-electron chi connectivity index (χ3n) is 3.14. The Bertz CT molecular complexity index is 509. The second-order valence-corrected chi connectivity index (χ2v) is 4.32. The fourth-order valence-electron chi connectivity index (χ4n) is 2.04. The van der Waals surface area contributed by atoms with Crippen LogP contribution in [0, 0.1) is 13.8 Å². The minimum absolute atomic E-state index is 0.832. The van der Waals surface area contributed by atoms with Crippen molar-refractivity contribution in [2.75, 3.05) is 7.05 Å². The first kappa shape index (κ1) is 11.9. The van der Waals surface area contributed by atoms with Gasteiger partial charge in [-0.05, 0) is 20.9 Å². The number of hydrogen-bond acceptors (Lipinski definition) is 3. The van der Waals surface area contributed by atoms with Gasteiger partial charge in [-0.3, -0.25) is 4.68 Å². The smallest absolute Gasteiger partial charge is 0.0951 e. The molecule has 0 atom stereocenters. The maximum Gasteiger partial charge on any atom is 0.0951 e. The van der Waals surface area contributed by atoms with E-state index in [9.17, 15) is 0 Å². The molecule has 0 aliphatic carbocycles. The summed E-state index contributed by atoms with van der Waals surface area (Å²) in [6.07, 6.45) is 3.77. The van der Waals surface area contributed by atoms with Crippen LogP contribution in [0.25, 0.3) is 0 Å². The molecule has 2 aromatic rings. The Labute approximate surface area is 101 Å².